The highest BCUT2D eigenvalue weighted by Crippen LogP contribution is 2.30. The molecule has 0 saturated carbocycles. The van der Waals surface area contributed by atoms with E-state index in [9.17, 15) is 0 Å². The van der Waals surface area contributed by atoms with Crippen LogP contribution < -0.4 is 5.32 Å². The molecule has 0 aliphatic rings. The Morgan fingerprint density at radius 2 is 2.21 bits per heavy atom. The minimum atomic E-state index is 0.814. The van der Waals surface area contributed by atoms with Crippen LogP contribution in [-0.2, 0) is 12.3 Å². The molecule has 1 heterocycles. The van der Waals surface area contributed by atoms with Gasteiger partial charge in [0.05, 0.1) is 10.8 Å². The fourth-order valence-corrected chi connectivity index (χ4v) is 3.72. The van der Waals surface area contributed by atoms with Crippen molar-refractivity contribution in [3.63, 3.8) is 0 Å². The highest BCUT2D eigenvalue weighted by Gasteiger charge is 2.04. The maximum atomic E-state index is 6.13. The van der Waals surface area contributed by atoms with Crippen molar-refractivity contribution >= 4 is 34.7 Å². The minimum Gasteiger partial charge on any atom is -0.312 e. The number of hydrogen-bond donors (Lipinski definition) is 1. The lowest BCUT2D eigenvalue weighted by Gasteiger charge is -2.01. The Kier molecular flexibility index (Phi) is 6.17. The maximum absolute atomic E-state index is 6.13. The van der Waals surface area contributed by atoms with Crippen LogP contribution in [0, 0.1) is 0 Å². The van der Waals surface area contributed by atoms with E-state index in [0.29, 0.717) is 0 Å². The summed E-state index contributed by atoms with van der Waals surface area (Å²) >= 11 is 9.64. The Hall–Kier alpha value is -0.550. The van der Waals surface area contributed by atoms with Gasteiger partial charge in [0.2, 0.25) is 0 Å². The molecule has 19 heavy (non-hydrogen) atoms. The smallest absolute Gasteiger partial charge is 0.103 e. The lowest BCUT2D eigenvalue weighted by Crippen LogP contribution is -2.12. The van der Waals surface area contributed by atoms with Crippen LogP contribution in [0.5, 0.6) is 0 Å². The van der Waals surface area contributed by atoms with Crippen LogP contribution in [0.4, 0.5) is 0 Å². The third kappa shape index (κ3) is 4.80. The first kappa shape index (κ1) is 14.9. The van der Waals surface area contributed by atoms with Gasteiger partial charge in [-0.2, -0.15) is 0 Å². The van der Waals surface area contributed by atoms with Crippen LogP contribution in [0.3, 0.4) is 0 Å². The molecule has 1 N–H and O–H groups in total. The third-order valence-corrected chi connectivity index (χ3v) is 5.22. The van der Waals surface area contributed by atoms with Crippen molar-refractivity contribution in [2.75, 3.05) is 6.54 Å². The first-order chi connectivity index (χ1) is 9.29. The molecule has 0 spiro atoms. The van der Waals surface area contributed by atoms with E-state index in [-0.39, 0.29) is 0 Å². The number of nitrogens with one attached hydrogen (secondary N) is 1. The van der Waals surface area contributed by atoms with Gasteiger partial charge < -0.3 is 5.32 Å². The topological polar surface area (TPSA) is 24.9 Å². The van der Waals surface area contributed by atoms with Gasteiger partial charge in [0.15, 0.2) is 0 Å². The van der Waals surface area contributed by atoms with Gasteiger partial charge in [-0.1, -0.05) is 30.7 Å². The number of hydrogen-bond acceptors (Lipinski definition) is 4. The summed E-state index contributed by atoms with van der Waals surface area (Å²) in [6.07, 6.45) is 3.13. The van der Waals surface area contributed by atoms with E-state index in [2.05, 4.69) is 17.2 Å². The Morgan fingerprint density at radius 1 is 1.37 bits per heavy atom. The lowest BCUT2D eigenvalue weighted by molar-refractivity contribution is 0.681. The van der Waals surface area contributed by atoms with Crippen LogP contribution in [0.15, 0.2) is 35.4 Å². The molecule has 102 valence electrons. The fourth-order valence-electron chi connectivity index (χ4n) is 1.59. The van der Waals surface area contributed by atoms with Crippen LogP contribution in [-0.4, -0.2) is 11.5 Å². The molecule has 0 fully saturated rings. The summed E-state index contributed by atoms with van der Waals surface area (Å²) in [4.78, 5) is 6.86. The highest BCUT2D eigenvalue weighted by atomic mass is 35.5. The van der Waals surface area contributed by atoms with Gasteiger partial charge in [0.1, 0.15) is 5.01 Å². The van der Waals surface area contributed by atoms with E-state index < -0.39 is 0 Å². The molecule has 0 atom stereocenters. The average Bonchev–Trinajstić information content (AvgIpc) is 2.86. The normalized spacial score (nSPS) is 10.8. The van der Waals surface area contributed by atoms with Gasteiger partial charge >= 0.3 is 0 Å². The summed E-state index contributed by atoms with van der Waals surface area (Å²) in [5.74, 6) is 0.877. The zero-order chi connectivity index (χ0) is 13.5. The van der Waals surface area contributed by atoms with E-state index in [4.69, 9.17) is 11.6 Å². The van der Waals surface area contributed by atoms with Gasteiger partial charge in [0, 0.05) is 22.5 Å². The second-order valence-corrected chi connectivity index (χ2v) is 6.74. The number of rotatable bonds is 7. The summed E-state index contributed by atoms with van der Waals surface area (Å²) in [6, 6.07) is 7.93. The summed E-state index contributed by atoms with van der Waals surface area (Å²) in [5.41, 5.74) is 0. The van der Waals surface area contributed by atoms with E-state index in [1.54, 1.807) is 23.1 Å². The Balaban J connectivity index is 1.85. The summed E-state index contributed by atoms with van der Waals surface area (Å²) < 4.78 is 0. The van der Waals surface area contributed by atoms with Crippen molar-refractivity contribution in [1.82, 2.24) is 10.3 Å². The van der Waals surface area contributed by atoms with Gasteiger partial charge in [-0.25, -0.2) is 4.98 Å². The number of halogens is 1. The summed E-state index contributed by atoms with van der Waals surface area (Å²) in [5, 5.41) is 5.36. The third-order valence-electron chi connectivity index (χ3n) is 2.52. The molecule has 0 amide bonds. The Labute approximate surface area is 127 Å². The zero-order valence-electron chi connectivity index (χ0n) is 10.9. The van der Waals surface area contributed by atoms with Gasteiger partial charge in [-0.05, 0) is 25.1 Å². The SMILES string of the molecule is CCCNCc1cnc(CSc2ccccc2Cl)s1. The molecule has 1 aromatic carbocycles. The van der Waals surface area contributed by atoms with Gasteiger partial charge in [0.25, 0.3) is 0 Å². The average molecular weight is 313 g/mol. The number of thiazole rings is 1. The van der Waals surface area contributed by atoms with E-state index in [1.165, 1.54) is 4.88 Å². The largest absolute Gasteiger partial charge is 0.312 e. The molecular formula is C14H17ClN2S2. The van der Waals surface area contributed by atoms with Crippen LogP contribution in [0.2, 0.25) is 5.02 Å². The number of aromatic nitrogens is 1. The predicted octanol–water partition coefficient (Wildman–Crippen LogP) is 4.59. The Morgan fingerprint density at radius 3 is 3.00 bits per heavy atom. The molecule has 0 unspecified atom stereocenters. The number of benzene rings is 1. The molecule has 0 aliphatic carbocycles. The van der Waals surface area contributed by atoms with Crippen LogP contribution in [0.25, 0.3) is 0 Å². The predicted molar refractivity (Wildman–Crippen MR) is 85.1 cm³/mol. The molecule has 2 rings (SSSR count). The Bertz CT molecular complexity index is 514. The van der Waals surface area contributed by atoms with E-state index in [0.717, 1.165) is 40.2 Å². The summed E-state index contributed by atoms with van der Waals surface area (Å²) in [6.45, 7) is 4.15. The monoisotopic (exact) mass is 312 g/mol. The molecule has 2 aromatic rings. The van der Waals surface area contributed by atoms with Crippen molar-refractivity contribution in [2.45, 2.75) is 30.5 Å². The zero-order valence-corrected chi connectivity index (χ0v) is 13.2. The van der Waals surface area contributed by atoms with Crippen LogP contribution in [0.1, 0.15) is 23.2 Å². The molecule has 0 saturated heterocycles. The molecule has 1 aromatic heterocycles. The van der Waals surface area contributed by atoms with Gasteiger partial charge in [-0.15, -0.1) is 23.1 Å². The van der Waals surface area contributed by atoms with Crippen molar-refractivity contribution in [3.8, 4) is 0 Å². The lowest BCUT2D eigenvalue weighted by atomic mass is 10.4. The number of thioether (sulfide) groups is 1. The standard InChI is InChI=1S/C14H17ClN2S2/c1-2-7-16-8-11-9-17-14(19-11)10-18-13-6-4-3-5-12(13)15/h3-6,9,16H,2,7-8,10H2,1H3. The first-order valence-corrected chi connectivity index (χ1v) is 8.49. The fraction of sp³-hybridized carbons (Fsp3) is 0.357. The van der Waals surface area contributed by atoms with Gasteiger partial charge in [-0.3, -0.25) is 0 Å². The van der Waals surface area contributed by atoms with Crippen molar-refractivity contribution in [3.05, 3.63) is 45.4 Å². The van der Waals surface area contributed by atoms with E-state index in [1.807, 2.05) is 30.5 Å². The van der Waals surface area contributed by atoms with E-state index >= 15 is 0 Å². The molecule has 5 heteroatoms. The second-order valence-electron chi connectivity index (χ2n) is 4.12. The summed E-state index contributed by atoms with van der Waals surface area (Å²) in [7, 11) is 0. The van der Waals surface area contributed by atoms with Crippen molar-refractivity contribution in [1.29, 1.82) is 0 Å². The van der Waals surface area contributed by atoms with Crippen LogP contribution >= 0.6 is 34.7 Å². The van der Waals surface area contributed by atoms with Crippen molar-refractivity contribution < 1.29 is 0 Å². The molecule has 0 radical (unpaired) electrons. The molecule has 0 bridgehead atoms. The quantitative estimate of drug-likeness (QED) is 0.598. The minimum absolute atomic E-state index is 0.814. The number of nitrogens with zero attached hydrogens (tertiary/aromatic N) is 1. The molecular weight excluding hydrogens is 296 g/mol. The highest BCUT2D eigenvalue weighted by molar-refractivity contribution is 7.98. The molecule has 0 aliphatic heterocycles. The first-order valence-electron chi connectivity index (χ1n) is 6.31. The maximum Gasteiger partial charge on any atom is 0.103 e. The molecule has 2 nitrogen and oxygen atoms in total. The van der Waals surface area contributed by atoms with Crippen molar-refractivity contribution in [2.24, 2.45) is 0 Å². The second kappa shape index (κ2) is 7.90.